The molecule has 0 spiro atoms. The number of carboxylic acids is 1. The van der Waals surface area contributed by atoms with Gasteiger partial charge in [0.2, 0.25) is 5.91 Å². The van der Waals surface area contributed by atoms with Crippen molar-refractivity contribution < 1.29 is 31.8 Å². The number of nitrogens with one attached hydrogen (secondary N) is 1. The van der Waals surface area contributed by atoms with Gasteiger partial charge in [0, 0.05) is 18.7 Å². The molecule has 0 saturated heterocycles. The smallest absolute Gasteiger partial charge is 0.446 e. The first-order valence-corrected chi connectivity index (χ1v) is 5.87. The van der Waals surface area contributed by atoms with Crippen molar-refractivity contribution >= 4 is 28.0 Å². The summed E-state index contributed by atoms with van der Waals surface area (Å²) in [5.74, 6) is -2.48. The minimum Gasteiger partial charge on any atom is -0.478 e. The van der Waals surface area contributed by atoms with E-state index in [4.69, 9.17) is 9.66 Å². The van der Waals surface area contributed by atoms with Crippen LogP contribution in [0.25, 0.3) is 0 Å². The van der Waals surface area contributed by atoms with Crippen LogP contribution in [0.2, 0.25) is 0 Å². The molecule has 1 rings (SSSR count). The minimum absolute atomic E-state index is 0.131. The summed E-state index contributed by atoms with van der Waals surface area (Å²) in [5.41, 5.74) is -0.340. The van der Waals surface area contributed by atoms with Gasteiger partial charge in [-0.25, -0.2) is 4.79 Å². The highest BCUT2D eigenvalue weighted by Crippen LogP contribution is 2.24. The second kappa shape index (κ2) is 5.02. The molecular weight excluding hydrogens is 266 g/mol. The van der Waals surface area contributed by atoms with Crippen LogP contribution in [0.15, 0.2) is 18.2 Å². The van der Waals surface area contributed by atoms with Gasteiger partial charge < -0.3 is 14.6 Å². The molecule has 1 amide bonds. The van der Waals surface area contributed by atoms with E-state index in [-0.39, 0.29) is 5.69 Å². The van der Waals surface area contributed by atoms with Crippen LogP contribution in [0.1, 0.15) is 17.3 Å². The number of benzene rings is 1. The molecule has 0 radical (unpaired) electrons. The number of amides is 1. The predicted octanol–water partition coefficient (Wildman–Crippen LogP) is 0.525. The van der Waals surface area contributed by atoms with Crippen LogP contribution in [0.5, 0.6) is 5.75 Å². The Morgan fingerprint density at radius 1 is 1.33 bits per heavy atom. The first-order chi connectivity index (χ1) is 8.19. The fourth-order valence-electron chi connectivity index (χ4n) is 1.16. The molecule has 0 atom stereocenters. The van der Waals surface area contributed by atoms with Gasteiger partial charge in [-0.2, -0.15) is 8.42 Å². The molecule has 0 bridgehead atoms. The lowest BCUT2D eigenvalue weighted by atomic mass is 10.2. The molecule has 0 saturated carbocycles. The van der Waals surface area contributed by atoms with Crippen molar-refractivity contribution in [2.24, 2.45) is 0 Å². The van der Waals surface area contributed by atoms with Gasteiger partial charge in [-0.3, -0.25) is 9.35 Å². The molecule has 0 aliphatic carbocycles. The highest BCUT2D eigenvalue weighted by Gasteiger charge is 2.17. The van der Waals surface area contributed by atoms with Crippen LogP contribution in [0.3, 0.4) is 0 Å². The van der Waals surface area contributed by atoms with Crippen LogP contribution in [0.4, 0.5) is 5.69 Å². The zero-order valence-corrected chi connectivity index (χ0v) is 9.89. The highest BCUT2D eigenvalue weighted by atomic mass is 32.3. The summed E-state index contributed by atoms with van der Waals surface area (Å²) in [6.07, 6.45) is 0. The average molecular weight is 275 g/mol. The Morgan fingerprint density at radius 3 is 2.39 bits per heavy atom. The number of rotatable bonds is 4. The second-order valence-corrected chi connectivity index (χ2v) is 4.23. The van der Waals surface area contributed by atoms with Crippen LogP contribution < -0.4 is 9.50 Å². The lowest BCUT2D eigenvalue weighted by Gasteiger charge is -2.08. The molecule has 0 aromatic heterocycles. The van der Waals surface area contributed by atoms with Crippen molar-refractivity contribution in [2.45, 2.75) is 6.92 Å². The number of hydrogen-bond donors (Lipinski definition) is 3. The summed E-state index contributed by atoms with van der Waals surface area (Å²) in [6, 6.07) is 3.26. The van der Waals surface area contributed by atoms with E-state index in [0.29, 0.717) is 0 Å². The molecular formula is C9H9NO7S. The molecule has 98 valence electrons. The average Bonchev–Trinajstić information content (AvgIpc) is 2.13. The van der Waals surface area contributed by atoms with E-state index in [1.807, 2.05) is 0 Å². The first-order valence-electron chi connectivity index (χ1n) is 4.51. The molecule has 0 fully saturated rings. The SMILES string of the molecule is CC(=O)Nc1ccc(C(=O)O)c(OS(=O)(=O)O)c1. The number of carboxylic acid groups (broad SMARTS) is 1. The van der Waals surface area contributed by atoms with E-state index in [0.717, 1.165) is 12.1 Å². The molecule has 1 aromatic carbocycles. The van der Waals surface area contributed by atoms with E-state index < -0.39 is 33.6 Å². The van der Waals surface area contributed by atoms with Gasteiger partial charge >= 0.3 is 16.4 Å². The van der Waals surface area contributed by atoms with Crippen molar-refractivity contribution in [3.63, 3.8) is 0 Å². The van der Waals surface area contributed by atoms with Gasteiger partial charge in [-0.05, 0) is 12.1 Å². The standard InChI is InChI=1S/C9H9NO7S/c1-5(11)10-6-2-3-7(9(12)13)8(4-6)17-18(14,15)16/h2-4H,1H3,(H,10,11)(H,12,13)(H,14,15,16). The van der Waals surface area contributed by atoms with Gasteiger partial charge in [0.05, 0.1) is 0 Å². The molecule has 0 unspecified atom stereocenters. The topological polar surface area (TPSA) is 130 Å². The van der Waals surface area contributed by atoms with Crippen LogP contribution in [0, 0.1) is 0 Å². The van der Waals surface area contributed by atoms with E-state index in [9.17, 15) is 18.0 Å². The minimum atomic E-state index is -4.85. The summed E-state index contributed by atoms with van der Waals surface area (Å²) in [6.45, 7) is 1.22. The van der Waals surface area contributed by atoms with Gasteiger partial charge in [-0.1, -0.05) is 0 Å². The van der Waals surface area contributed by atoms with E-state index in [2.05, 4.69) is 9.50 Å². The summed E-state index contributed by atoms with van der Waals surface area (Å²) in [7, 11) is -4.85. The predicted molar refractivity (Wildman–Crippen MR) is 59.9 cm³/mol. The van der Waals surface area contributed by atoms with E-state index in [1.165, 1.54) is 13.0 Å². The Balaban J connectivity index is 3.23. The second-order valence-electron chi connectivity index (χ2n) is 3.21. The maximum atomic E-state index is 10.8. The molecule has 18 heavy (non-hydrogen) atoms. The molecule has 0 aliphatic heterocycles. The van der Waals surface area contributed by atoms with Crippen molar-refractivity contribution in [3.8, 4) is 5.75 Å². The zero-order chi connectivity index (χ0) is 13.9. The third-order valence-electron chi connectivity index (χ3n) is 1.73. The van der Waals surface area contributed by atoms with Crippen molar-refractivity contribution in [2.75, 3.05) is 5.32 Å². The molecule has 8 nitrogen and oxygen atoms in total. The van der Waals surface area contributed by atoms with Crippen molar-refractivity contribution in [3.05, 3.63) is 23.8 Å². The lowest BCUT2D eigenvalue weighted by Crippen LogP contribution is -2.12. The Kier molecular flexibility index (Phi) is 3.89. The normalized spacial score (nSPS) is 10.8. The summed E-state index contributed by atoms with van der Waals surface area (Å²) in [4.78, 5) is 21.6. The quantitative estimate of drug-likeness (QED) is 0.683. The fourth-order valence-corrected chi connectivity index (χ4v) is 1.53. The summed E-state index contributed by atoms with van der Waals surface area (Å²) >= 11 is 0. The Bertz CT molecular complexity index is 593. The summed E-state index contributed by atoms with van der Waals surface area (Å²) in [5, 5.41) is 11.1. The Labute approximate surface area is 102 Å². The van der Waals surface area contributed by atoms with E-state index >= 15 is 0 Å². The third kappa shape index (κ3) is 4.03. The lowest BCUT2D eigenvalue weighted by molar-refractivity contribution is -0.114. The molecule has 9 heteroatoms. The van der Waals surface area contributed by atoms with Gasteiger partial charge in [0.25, 0.3) is 0 Å². The van der Waals surface area contributed by atoms with Gasteiger partial charge in [0.15, 0.2) is 5.75 Å². The number of hydrogen-bond acceptors (Lipinski definition) is 5. The van der Waals surface area contributed by atoms with Gasteiger partial charge in [-0.15, -0.1) is 0 Å². The Morgan fingerprint density at radius 2 is 1.94 bits per heavy atom. The van der Waals surface area contributed by atoms with Crippen LogP contribution in [-0.2, 0) is 15.2 Å². The first kappa shape index (κ1) is 13.9. The molecule has 0 heterocycles. The highest BCUT2D eigenvalue weighted by molar-refractivity contribution is 7.81. The maximum absolute atomic E-state index is 10.8. The largest absolute Gasteiger partial charge is 0.478 e. The maximum Gasteiger partial charge on any atom is 0.446 e. The summed E-state index contributed by atoms with van der Waals surface area (Å²) < 4.78 is 33.8. The Hall–Kier alpha value is -2.13. The van der Waals surface area contributed by atoms with Crippen molar-refractivity contribution in [1.29, 1.82) is 0 Å². The molecule has 1 aromatic rings. The zero-order valence-electron chi connectivity index (χ0n) is 9.08. The molecule has 3 N–H and O–H groups in total. The number of aromatic carboxylic acids is 1. The molecule has 0 aliphatic rings. The number of anilines is 1. The number of carbonyl (C=O) groups is 2. The van der Waals surface area contributed by atoms with Gasteiger partial charge in [0.1, 0.15) is 5.56 Å². The van der Waals surface area contributed by atoms with E-state index in [1.54, 1.807) is 0 Å². The van der Waals surface area contributed by atoms with Crippen molar-refractivity contribution in [1.82, 2.24) is 0 Å². The van der Waals surface area contributed by atoms with Crippen LogP contribution >= 0.6 is 0 Å². The number of carbonyl (C=O) groups excluding carboxylic acids is 1. The fraction of sp³-hybridized carbons (Fsp3) is 0.111. The third-order valence-corrected chi connectivity index (χ3v) is 2.12. The van der Waals surface area contributed by atoms with Crippen LogP contribution in [-0.4, -0.2) is 30.0 Å². The monoisotopic (exact) mass is 275 g/mol.